The molecule has 7 nitrogen and oxygen atoms in total. The van der Waals surface area contributed by atoms with Crippen LogP contribution in [0.2, 0.25) is 0 Å². The third-order valence-electron chi connectivity index (χ3n) is 2.19. The molecule has 7 heteroatoms. The van der Waals surface area contributed by atoms with Crippen molar-refractivity contribution < 1.29 is 0 Å². The molecule has 0 unspecified atom stereocenters. The lowest BCUT2D eigenvalue weighted by Gasteiger charge is -2.03. The summed E-state index contributed by atoms with van der Waals surface area (Å²) in [5, 5.41) is 14.6. The van der Waals surface area contributed by atoms with Gasteiger partial charge in [-0.05, 0) is 18.2 Å². The van der Waals surface area contributed by atoms with E-state index in [1.807, 2.05) is 0 Å². The van der Waals surface area contributed by atoms with E-state index in [1.165, 1.54) is 6.20 Å². The molecule has 2 aromatic rings. The normalized spacial score (nSPS) is 10.0. The summed E-state index contributed by atoms with van der Waals surface area (Å²) in [6.45, 7) is 0. The molecule has 6 N–H and O–H groups in total. The maximum Gasteiger partial charge on any atom is 0.178 e. The Morgan fingerprint density at radius 2 is 1.61 bits per heavy atom. The topological polar surface area (TPSA) is 138 Å². The van der Waals surface area contributed by atoms with Gasteiger partial charge in [0, 0.05) is 6.20 Å². The Labute approximate surface area is 103 Å². The van der Waals surface area contributed by atoms with Crippen LogP contribution in [0.5, 0.6) is 0 Å². The van der Waals surface area contributed by atoms with E-state index in [-0.39, 0.29) is 11.7 Å². The number of hydrogen-bond acceptors (Lipinski definition) is 5. The third kappa shape index (κ3) is 2.29. The standard InChI is InChI=1S/C11H11N7/c12-9(13)6-2-1-3-8(17-6)11-16-5-4-7(18-11)10(14)15/h1-5H,(H3,12,13)(H3,14,15). The second-order valence-electron chi connectivity index (χ2n) is 3.50. The number of rotatable bonds is 3. The fourth-order valence-corrected chi connectivity index (χ4v) is 1.34. The molecule has 0 amide bonds. The molecule has 0 aliphatic carbocycles. The van der Waals surface area contributed by atoms with Gasteiger partial charge in [0.25, 0.3) is 0 Å². The summed E-state index contributed by atoms with van der Waals surface area (Å²) >= 11 is 0. The van der Waals surface area contributed by atoms with Crippen LogP contribution in [0, 0.1) is 10.8 Å². The Hall–Kier alpha value is -2.83. The molecule has 0 spiro atoms. The maximum absolute atomic E-state index is 7.33. The van der Waals surface area contributed by atoms with E-state index in [0.29, 0.717) is 22.9 Å². The van der Waals surface area contributed by atoms with Gasteiger partial charge >= 0.3 is 0 Å². The van der Waals surface area contributed by atoms with Gasteiger partial charge in [-0.1, -0.05) is 6.07 Å². The molecule has 0 saturated heterocycles. The lowest BCUT2D eigenvalue weighted by molar-refractivity contribution is 1.11. The van der Waals surface area contributed by atoms with Crippen LogP contribution in [0.1, 0.15) is 11.4 Å². The van der Waals surface area contributed by atoms with Crippen LogP contribution < -0.4 is 11.5 Å². The summed E-state index contributed by atoms with van der Waals surface area (Å²) in [7, 11) is 0. The first-order valence-electron chi connectivity index (χ1n) is 5.07. The second kappa shape index (κ2) is 4.58. The Morgan fingerprint density at radius 1 is 0.944 bits per heavy atom. The fourth-order valence-electron chi connectivity index (χ4n) is 1.34. The number of amidine groups is 2. The molecule has 0 bridgehead atoms. The fraction of sp³-hybridized carbons (Fsp3) is 0. The monoisotopic (exact) mass is 241 g/mol. The van der Waals surface area contributed by atoms with Crippen molar-refractivity contribution in [3.05, 3.63) is 41.9 Å². The zero-order chi connectivity index (χ0) is 13.1. The number of pyridine rings is 1. The highest BCUT2D eigenvalue weighted by Crippen LogP contribution is 2.12. The molecule has 0 saturated carbocycles. The van der Waals surface area contributed by atoms with E-state index in [2.05, 4.69) is 15.0 Å². The first-order chi connectivity index (χ1) is 8.58. The molecule has 0 fully saturated rings. The van der Waals surface area contributed by atoms with Crippen molar-refractivity contribution in [2.75, 3.05) is 0 Å². The van der Waals surface area contributed by atoms with Crippen LogP contribution in [0.25, 0.3) is 11.5 Å². The summed E-state index contributed by atoms with van der Waals surface area (Å²) in [6.07, 6.45) is 1.50. The highest BCUT2D eigenvalue weighted by Gasteiger charge is 2.07. The molecule has 0 aliphatic heterocycles. The van der Waals surface area contributed by atoms with Crippen molar-refractivity contribution in [2.24, 2.45) is 11.5 Å². The number of nitrogens with two attached hydrogens (primary N) is 2. The third-order valence-corrected chi connectivity index (χ3v) is 2.19. The van der Waals surface area contributed by atoms with E-state index in [9.17, 15) is 0 Å². The van der Waals surface area contributed by atoms with Crippen molar-refractivity contribution in [3.8, 4) is 11.5 Å². The van der Waals surface area contributed by atoms with E-state index >= 15 is 0 Å². The number of nitrogens with zero attached hydrogens (tertiary/aromatic N) is 3. The van der Waals surface area contributed by atoms with E-state index in [4.69, 9.17) is 22.3 Å². The summed E-state index contributed by atoms with van der Waals surface area (Å²) in [5.74, 6) is 0.0757. The van der Waals surface area contributed by atoms with Gasteiger partial charge in [-0.25, -0.2) is 15.0 Å². The van der Waals surface area contributed by atoms with Gasteiger partial charge in [0.15, 0.2) is 5.82 Å². The Kier molecular flexibility index (Phi) is 2.96. The Bertz CT molecular complexity index is 565. The van der Waals surface area contributed by atoms with Gasteiger partial charge in [-0.2, -0.15) is 0 Å². The second-order valence-corrected chi connectivity index (χ2v) is 3.50. The molecule has 18 heavy (non-hydrogen) atoms. The van der Waals surface area contributed by atoms with Crippen molar-refractivity contribution >= 4 is 11.7 Å². The van der Waals surface area contributed by atoms with Crippen molar-refractivity contribution in [1.82, 2.24) is 15.0 Å². The SMILES string of the molecule is N=C(N)c1cccc(-c2nccc(C(=N)N)n2)n1. The number of nitrogen functional groups attached to an aromatic ring is 2. The van der Waals surface area contributed by atoms with Crippen LogP contribution in [0.3, 0.4) is 0 Å². The minimum atomic E-state index is -0.138. The minimum absolute atomic E-state index is 0.125. The van der Waals surface area contributed by atoms with Crippen LogP contribution in [-0.2, 0) is 0 Å². The molecular formula is C11H11N7. The minimum Gasteiger partial charge on any atom is -0.382 e. The Balaban J connectivity index is 2.48. The van der Waals surface area contributed by atoms with Crippen LogP contribution in [0.4, 0.5) is 0 Å². The largest absolute Gasteiger partial charge is 0.382 e. The van der Waals surface area contributed by atoms with E-state index in [0.717, 1.165) is 0 Å². The number of hydrogen-bond donors (Lipinski definition) is 4. The summed E-state index contributed by atoms with van der Waals surface area (Å²) in [4.78, 5) is 12.3. The van der Waals surface area contributed by atoms with E-state index < -0.39 is 0 Å². The van der Waals surface area contributed by atoms with Gasteiger partial charge in [-0.15, -0.1) is 0 Å². The molecule has 0 aromatic carbocycles. The average Bonchev–Trinajstić information content (AvgIpc) is 2.39. The molecule has 0 atom stereocenters. The lowest BCUT2D eigenvalue weighted by Crippen LogP contribution is -2.15. The molecular weight excluding hydrogens is 230 g/mol. The van der Waals surface area contributed by atoms with Gasteiger partial charge < -0.3 is 11.5 Å². The van der Waals surface area contributed by atoms with E-state index in [1.54, 1.807) is 24.3 Å². The molecule has 0 aliphatic rings. The summed E-state index contributed by atoms with van der Waals surface area (Å²) < 4.78 is 0. The van der Waals surface area contributed by atoms with Crippen molar-refractivity contribution in [2.45, 2.75) is 0 Å². The predicted molar refractivity (Wildman–Crippen MR) is 67.3 cm³/mol. The van der Waals surface area contributed by atoms with Gasteiger partial charge in [0.05, 0.1) is 0 Å². The van der Waals surface area contributed by atoms with Gasteiger partial charge in [0.1, 0.15) is 28.8 Å². The number of nitrogens with one attached hydrogen (secondary N) is 2. The first-order valence-corrected chi connectivity index (χ1v) is 5.07. The maximum atomic E-state index is 7.33. The highest BCUT2D eigenvalue weighted by molar-refractivity contribution is 5.94. The lowest BCUT2D eigenvalue weighted by atomic mass is 10.2. The van der Waals surface area contributed by atoms with Gasteiger partial charge in [0.2, 0.25) is 0 Å². The van der Waals surface area contributed by atoms with Crippen molar-refractivity contribution in [1.29, 1.82) is 10.8 Å². The van der Waals surface area contributed by atoms with Gasteiger partial charge in [-0.3, -0.25) is 10.8 Å². The molecule has 0 radical (unpaired) electrons. The number of aromatic nitrogens is 3. The quantitative estimate of drug-likeness (QED) is 0.446. The summed E-state index contributed by atoms with van der Waals surface area (Å²) in [5.41, 5.74) is 11.9. The van der Waals surface area contributed by atoms with Crippen LogP contribution in [0.15, 0.2) is 30.5 Å². The first kappa shape index (κ1) is 11.6. The van der Waals surface area contributed by atoms with Crippen LogP contribution in [-0.4, -0.2) is 26.6 Å². The zero-order valence-electron chi connectivity index (χ0n) is 9.38. The Morgan fingerprint density at radius 3 is 2.28 bits per heavy atom. The molecule has 90 valence electrons. The average molecular weight is 241 g/mol. The molecule has 2 aromatic heterocycles. The molecule has 2 heterocycles. The smallest absolute Gasteiger partial charge is 0.178 e. The molecule has 2 rings (SSSR count). The summed E-state index contributed by atoms with van der Waals surface area (Å²) in [6, 6.07) is 6.58. The zero-order valence-corrected chi connectivity index (χ0v) is 9.38. The van der Waals surface area contributed by atoms with Crippen molar-refractivity contribution in [3.63, 3.8) is 0 Å². The predicted octanol–water partition coefficient (Wildman–Crippen LogP) is 0.107. The van der Waals surface area contributed by atoms with Crippen LogP contribution >= 0.6 is 0 Å². The highest BCUT2D eigenvalue weighted by atomic mass is 14.9.